The van der Waals surface area contributed by atoms with Crippen molar-refractivity contribution in [3.8, 4) is 0 Å². The zero-order valence-electron chi connectivity index (χ0n) is 10.7. The van der Waals surface area contributed by atoms with E-state index in [1.165, 1.54) is 22.2 Å². The summed E-state index contributed by atoms with van der Waals surface area (Å²) in [5.74, 6) is 5.22. The average molecular weight is 265 g/mol. The molecule has 0 aliphatic carbocycles. The van der Waals surface area contributed by atoms with Crippen LogP contribution in [0.4, 0.5) is 14.9 Å². The summed E-state index contributed by atoms with van der Waals surface area (Å²) in [6, 6.07) is 4.65. The molecule has 6 heteroatoms. The van der Waals surface area contributed by atoms with Gasteiger partial charge in [-0.1, -0.05) is 12.6 Å². The summed E-state index contributed by atoms with van der Waals surface area (Å²) in [4.78, 5) is 13.1. The minimum atomic E-state index is -0.495. The van der Waals surface area contributed by atoms with E-state index in [0.717, 1.165) is 0 Å². The number of amides is 1. The number of carbonyl (C=O) groups is 1. The lowest BCUT2D eigenvalue weighted by atomic mass is 10.2. The third-order valence-corrected chi connectivity index (χ3v) is 2.99. The van der Waals surface area contributed by atoms with Crippen LogP contribution in [-0.4, -0.2) is 30.3 Å². The van der Waals surface area contributed by atoms with Gasteiger partial charge >= 0.3 is 6.09 Å². The highest BCUT2D eigenvalue weighted by molar-refractivity contribution is 5.89. The van der Waals surface area contributed by atoms with Crippen molar-refractivity contribution in [1.82, 2.24) is 5.01 Å². The second kappa shape index (κ2) is 5.27. The maximum atomic E-state index is 13.5. The van der Waals surface area contributed by atoms with Crippen molar-refractivity contribution >= 4 is 11.8 Å². The number of nitrogens with two attached hydrogens (primary N) is 1. The van der Waals surface area contributed by atoms with Crippen molar-refractivity contribution in [2.45, 2.75) is 13.0 Å². The Morgan fingerprint density at radius 1 is 1.68 bits per heavy atom. The first kappa shape index (κ1) is 13.4. The van der Waals surface area contributed by atoms with E-state index in [9.17, 15) is 9.18 Å². The first-order valence-corrected chi connectivity index (χ1v) is 5.89. The lowest BCUT2D eigenvalue weighted by molar-refractivity contribution is 0.122. The van der Waals surface area contributed by atoms with Crippen molar-refractivity contribution in [2.75, 3.05) is 18.0 Å². The molecular weight excluding hydrogens is 249 g/mol. The summed E-state index contributed by atoms with van der Waals surface area (Å²) in [7, 11) is 0. The fourth-order valence-corrected chi connectivity index (χ4v) is 1.89. The van der Waals surface area contributed by atoms with Crippen molar-refractivity contribution in [1.29, 1.82) is 0 Å². The maximum Gasteiger partial charge on any atom is 0.414 e. The second-order valence-electron chi connectivity index (χ2n) is 4.43. The average Bonchev–Trinajstić information content (AvgIpc) is 2.73. The molecule has 0 spiro atoms. The molecule has 1 fully saturated rings. The zero-order valence-corrected chi connectivity index (χ0v) is 10.7. The van der Waals surface area contributed by atoms with Crippen LogP contribution in [-0.2, 0) is 4.74 Å². The van der Waals surface area contributed by atoms with Gasteiger partial charge in [0.05, 0.1) is 18.8 Å². The molecule has 2 rings (SSSR count). The Morgan fingerprint density at radius 2 is 2.42 bits per heavy atom. The Morgan fingerprint density at radius 3 is 3.05 bits per heavy atom. The van der Waals surface area contributed by atoms with E-state index in [1.54, 1.807) is 19.1 Å². The van der Waals surface area contributed by atoms with Crippen molar-refractivity contribution < 1.29 is 13.9 Å². The van der Waals surface area contributed by atoms with Crippen LogP contribution in [0.3, 0.4) is 0 Å². The molecule has 1 aromatic carbocycles. The molecule has 1 atom stereocenters. The molecule has 1 unspecified atom stereocenters. The minimum absolute atomic E-state index is 0.336. The van der Waals surface area contributed by atoms with Crippen LogP contribution in [0.15, 0.2) is 31.0 Å². The fraction of sp³-hybridized carbons (Fsp3) is 0.308. The van der Waals surface area contributed by atoms with Gasteiger partial charge < -0.3 is 9.75 Å². The third kappa shape index (κ3) is 2.85. The molecule has 1 aliphatic rings. The van der Waals surface area contributed by atoms with E-state index in [4.69, 9.17) is 10.6 Å². The number of ether oxygens (including phenoxy) is 1. The third-order valence-electron chi connectivity index (χ3n) is 2.99. The van der Waals surface area contributed by atoms with Gasteiger partial charge in [0.1, 0.15) is 11.9 Å². The van der Waals surface area contributed by atoms with Crippen molar-refractivity contribution in [2.24, 2.45) is 5.84 Å². The summed E-state index contributed by atoms with van der Waals surface area (Å²) in [6.07, 6.45) is 0.591. The molecule has 102 valence electrons. The number of benzene rings is 1. The fourth-order valence-electron chi connectivity index (χ4n) is 1.89. The minimum Gasteiger partial charge on any atom is -0.442 e. The molecule has 5 nitrogen and oxygen atoms in total. The van der Waals surface area contributed by atoms with Crippen LogP contribution in [0.2, 0.25) is 0 Å². The molecule has 0 saturated carbocycles. The number of hydrogen-bond acceptors (Lipinski definition) is 4. The number of hydrogen-bond donors (Lipinski definition) is 1. The Kier molecular flexibility index (Phi) is 3.71. The smallest absolute Gasteiger partial charge is 0.414 e. The highest BCUT2D eigenvalue weighted by Crippen LogP contribution is 2.23. The molecule has 2 N–H and O–H groups in total. The first-order chi connectivity index (χ1) is 9.01. The molecule has 0 radical (unpaired) electrons. The summed E-state index contributed by atoms with van der Waals surface area (Å²) in [5, 5.41) is 1.34. The van der Waals surface area contributed by atoms with Gasteiger partial charge in [-0.15, -0.1) is 0 Å². The van der Waals surface area contributed by atoms with E-state index in [1.807, 2.05) is 0 Å². The molecule has 1 saturated heterocycles. The molecule has 0 aromatic heterocycles. The summed E-state index contributed by atoms with van der Waals surface area (Å²) >= 11 is 0. The number of anilines is 1. The van der Waals surface area contributed by atoms with Gasteiger partial charge in [-0.2, -0.15) is 0 Å². The van der Waals surface area contributed by atoms with Gasteiger partial charge in [0, 0.05) is 6.20 Å². The Labute approximate surface area is 111 Å². The lowest BCUT2D eigenvalue weighted by Crippen LogP contribution is -2.35. The predicted octanol–water partition coefficient (Wildman–Crippen LogP) is 1.78. The zero-order chi connectivity index (χ0) is 14.0. The second-order valence-corrected chi connectivity index (χ2v) is 4.43. The van der Waals surface area contributed by atoms with Gasteiger partial charge in [0.25, 0.3) is 0 Å². The number of halogens is 1. The topological polar surface area (TPSA) is 58.8 Å². The molecule has 0 bridgehead atoms. The SMILES string of the molecule is C=CN(N)CC1CN(c2ccc(C)c(F)c2)C(=O)O1. The molecular formula is C13H16FN3O2. The quantitative estimate of drug-likeness (QED) is 0.666. The van der Waals surface area contributed by atoms with Crippen molar-refractivity contribution in [3.05, 3.63) is 42.4 Å². The highest BCUT2D eigenvalue weighted by Gasteiger charge is 2.33. The molecule has 19 heavy (non-hydrogen) atoms. The summed E-state index contributed by atoms with van der Waals surface area (Å²) < 4.78 is 18.7. The Bertz CT molecular complexity index is 507. The number of carbonyl (C=O) groups excluding carboxylic acids is 1. The van der Waals surface area contributed by atoms with E-state index < -0.39 is 6.09 Å². The van der Waals surface area contributed by atoms with E-state index in [2.05, 4.69) is 6.58 Å². The number of rotatable bonds is 4. The van der Waals surface area contributed by atoms with E-state index >= 15 is 0 Å². The van der Waals surface area contributed by atoms with Gasteiger partial charge in [-0.3, -0.25) is 4.90 Å². The van der Waals surface area contributed by atoms with E-state index in [-0.39, 0.29) is 11.9 Å². The van der Waals surface area contributed by atoms with Crippen LogP contribution in [0.1, 0.15) is 5.56 Å². The van der Waals surface area contributed by atoms with Gasteiger partial charge in [0.2, 0.25) is 0 Å². The van der Waals surface area contributed by atoms with Crippen LogP contribution < -0.4 is 10.7 Å². The normalized spacial score (nSPS) is 18.4. The number of aryl methyl sites for hydroxylation is 1. The molecule has 1 heterocycles. The van der Waals surface area contributed by atoms with Crippen molar-refractivity contribution in [3.63, 3.8) is 0 Å². The van der Waals surface area contributed by atoms with Gasteiger partial charge in [0.15, 0.2) is 0 Å². The summed E-state index contributed by atoms with van der Waals surface area (Å²) in [6.45, 7) is 5.87. The van der Waals surface area contributed by atoms with Gasteiger partial charge in [-0.05, 0) is 24.6 Å². The predicted molar refractivity (Wildman–Crippen MR) is 69.8 cm³/mol. The van der Waals surface area contributed by atoms with Crippen LogP contribution >= 0.6 is 0 Å². The van der Waals surface area contributed by atoms with Gasteiger partial charge in [-0.25, -0.2) is 15.0 Å². The first-order valence-electron chi connectivity index (χ1n) is 5.89. The molecule has 1 amide bonds. The Balaban J connectivity index is 2.11. The van der Waals surface area contributed by atoms with Crippen LogP contribution in [0.25, 0.3) is 0 Å². The number of cyclic esters (lactones) is 1. The number of nitrogens with zero attached hydrogens (tertiary/aromatic N) is 2. The summed E-state index contributed by atoms with van der Waals surface area (Å²) in [5.41, 5.74) is 1.02. The van der Waals surface area contributed by atoms with Crippen LogP contribution in [0, 0.1) is 12.7 Å². The standard InChI is InChI=1S/C13H16FN3O2/c1-3-16(15)7-11-8-17(13(18)19-11)10-5-4-9(2)12(14)6-10/h3-6,11H,1,7-8,15H2,2H3. The molecule has 1 aliphatic heterocycles. The van der Waals surface area contributed by atoms with Crippen LogP contribution in [0.5, 0.6) is 0 Å². The highest BCUT2D eigenvalue weighted by atomic mass is 19.1. The Hall–Kier alpha value is -2.08. The molecule has 1 aromatic rings. The largest absolute Gasteiger partial charge is 0.442 e. The number of hydrazine groups is 1. The van der Waals surface area contributed by atoms with E-state index in [0.29, 0.717) is 24.3 Å². The lowest BCUT2D eigenvalue weighted by Gasteiger charge is -2.17. The monoisotopic (exact) mass is 265 g/mol. The maximum absolute atomic E-state index is 13.5.